The molecule has 2 nitrogen and oxygen atoms in total. The Morgan fingerprint density at radius 3 is 1.58 bits per heavy atom. The van der Waals surface area contributed by atoms with Gasteiger partial charge in [-0.25, -0.2) is 0 Å². The number of nitrogens with zero attached hydrogens (tertiary/aromatic N) is 1. The Bertz CT molecular complexity index is 171. The number of hydrogen-bond acceptors (Lipinski definition) is 2. The lowest BCUT2D eigenvalue weighted by atomic mass is 10.0. The maximum atomic E-state index is 9.72. The van der Waals surface area contributed by atoms with Crippen molar-refractivity contribution in [2.45, 2.75) is 90.1 Å². The van der Waals surface area contributed by atoms with Gasteiger partial charge in [0.1, 0.15) is 0 Å². The van der Waals surface area contributed by atoms with Crippen molar-refractivity contribution in [2.75, 3.05) is 20.6 Å². The standard InChI is InChI=1S/C17H37NO/c1-4-5-6-7-8-9-10-11-12-13-14-15-17(19)16-18(2)3/h17,19H,4-16H2,1-3H3. The second kappa shape index (κ2) is 14.3. The monoisotopic (exact) mass is 271 g/mol. The van der Waals surface area contributed by atoms with E-state index in [4.69, 9.17) is 0 Å². The summed E-state index contributed by atoms with van der Waals surface area (Å²) in [6.07, 6.45) is 15.9. The van der Waals surface area contributed by atoms with Gasteiger partial charge in [-0.05, 0) is 20.5 Å². The molecule has 0 heterocycles. The maximum absolute atomic E-state index is 9.72. The molecule has 116 valence electrons. The lowest BCUT2D eigenvalue weighted by Crippen LogP contribution is -2.25. The van der Waals surface area contributed by atoms with E-state index in [1.807, 2.05) is 14.1 Å². The van der Waals surface area contributed by atoms with Crippen LogP contribution in [0.2, 0.25) is 0 Å². The van der Waals surface area contributed by atoms with Gasteiger partial charge in [0, 0.05) is 6.54 Å². The van der Waals surface area contributed by atoms with Crippen molar-refractivity contribution in [3.05, 3.63) is 0 Å². The third kappa shape index (κ3) is 15.9. The van der Waals surface area contributed by atoms with Crippen LogP contribution in [-0.2, 0) is 0 Å². The van der Waals surface area contributed by atoms with Crippen LogP contribution in [0.5, 0.6) is 0 Å². The molecule has 0 aliphatic carbocycles. The normalized spacial score (nSPS) is 13.1. The van der Waals surface area contributed by atoms with E-state index in [1.165, 1.54) is 70.6 Å². The lowest BCUT2D eigenvalue weighted by Gasteiger charge is -2.15. The molecule has 1 unspecified atom stereocenters. The van der Waals surface area contributed by atoms with E-state index in [0.717, 1.165) is 13.0 Å². The van der Waals surface area contributed by atoms with Gasteiger partial charge in [-0.1, -0.05) is 77.6 Å². The molecule has 0 saturated heterocycles. The molecule has 0 aromatic carbocycles. The Morgan fingerprint density at radius 1 is 0.737 bits per heavy atom. The molecular weight excluding hydrogens is 234 g/mol. The third-order valence-corrected chi connectivity index (χ3v) is 3.72. The third-order valence-electron chi connectivity index (χ3n) is 3.72. The molecule has 2 heteroatoms. The Morgan fingerprint density at radius 2 is 1.16 bits per heavy atom. The number of hydrogen-bond donors (Lipinski definition) is 1. The van der Waals surface area contributed by atoms with Gasteiger partial charge in [0.2, 0.25) is 0 Å². The lowest BCUT2D eigenvalue weighted by molar-refractivity contribution is 0.125. The SMILES string of the molecule is CCCCCCCCCCCCCC(O)CN(C)C. The molecule has 0 aliphatic rings. The number of aliphatic hydroxyl groups is 1. The smallest absolute Gasteiger partial charge is 0.0666 e. The molecule has 1 N–H and O–H groups in total. The van der Waals surface area contributed by atoms with Crippen molar-refractivity contribution in [1.82, 2.24) is 4.90 Å². The Balaban J connectivity index is 3.06. The quantitative estimate of drug-likeness (QED) is 0.466. The minimum absolute atomic E-state index is 0.131. The largest absolute Gasteiger partial charge is 0.392 e. The number of likely N-dealkylation sites (N-methyl/N-ethyl adjacent to an activating group) is 1. The number of aliphatic hydroxyl groups excluding tert-OH is 1. The molecule has 0 aromatic rings. The van der Waals surface area contributed by atoms with E-state index in [-0.39, 0.29) is 6.10 Å². The van der Waals surface area contributed by atoms with E-state index in [0.29, 0.717) is 0 Å². The molecule has 0 bridgehead atoms. The van der Waals surface area contributed by atoms with Crippen molar-refractivity contribution in [1.29, 1.82) is 0 Å². The van der Waals surface area contributed by atoms with Gasteiger partial charge in [0.25, 0.3) is 0 Å². The van der Waals surface area contributed by atoms with Crippen molar-refractivity contribution >= 4 is 0 Å². The zero-order valence-corrected chi connectivity index (χ0v) is 13.7. The van der Waals surface area contributed by atoms with Crippen molar-refractivity contribution in [3.63, 3.8) is 0 Å². The summed E-state index contributed by atoms with van der Waals surface area (Å²) in [7, 11) is 4.04. The fraction of sp³-hybridized carbons (Fsp3) is 1.00. The van der Waals surface area contributed by atoms with Crippen molar-refractivity contribution in [2.24, 2.45) is 0 Å². The molecule has 0 aromatic heterocycles. The summed E-state index contributed by atoms with van der Waals surface area (Å²) < 4.78 is 0. The molecule has 1 atom stereocenters. The van der Waals surface area contributed by atoms with Crippen molar-refractivity contribution < 1.29 is 5.11 Å². The first-order valence-corrected chi connectivity index (χ1v) is 8.49. The van der Waals surface area contributed by atoms with Crippen LogP contribution in [0.25, 0.3) is 0 Å². The molecule has 0 amide bonds. The molecular formula is C17H37NO. The first-order chi connectivity index (χ1) is 9.16. The highest BCUT2D eigenvalue weighted by molar-refractivity contribution is 4.59. The van der Waals surface area contributed by atoms with Gasteiger partial charge in [0.05, 0.1) is 6.10 Å². The maximum Gasteiger partial charge on any atom is 0.0666 e. The van der Waals surface area contributed by atoms with Gasteiger partial charge in [-0.3, -0.25) is 0 Å². The van der Waals surface area contributed by atoms with Gasteiger partial charge >= 0.3 is 0 Å². The van der Waals surface area contributed by atoms with E-state index in [2.05, 4.69) is 11.8 Å². The fourth-order valence-corrected chi connectivity index (χ4v) is 2.56. The van der Waals surface area contributed by atoms with E-state index >= 15 is 0 Å². The average molecular weight is 271 g/mol. The van der Waals surface area contributed by atoms with Gasteiger partial charge in [-0.15, -0.1) is 0 Å². The minimum Gasteiger partial charge on any atom is -0.392 e. The van der Waals surface area contributed by atoms with E-state index in [9.17, 15) is 5.11 Å². The molecule has 0 fully saturated rings. The van der Waals surface area contributed by atoms with Crippen LogP contribution >= 0.6 is 0 Å². The second-order valence-electron chi connectivity index (χ2n) is 6.24. The van der Waals surface area contributed by atoms with Crippen molar-refractivity contribution in [3.8, 4) is 0 Å². The Labute approximate surface area is 121 Å². The molecule has 19 heavy (non-hydrogen) atoms. The fourth-order valence-electron chi connectivity index (χ4n) is 2.56. The molecule has 0 saturated carbocycles. The topological polar surface area (TPSA) is 23.5 Å². The second-order valence-corrected chi connectivity index (χ2v) is 6.24. The zero-order valence-electron chi connectivity index (χ0n) is 13.7. The molecule has 0 rings (SSSR count). The first kappa shape index (κ1) is 18.9. The molecule has 0 radical (unpaired) electrons. The first-order valence-electron chi connectivity index (χ1n) is 8.49. The summed E-state index contributed by atoms with van der Waals surface area (Å²) in [6.45, 7) is 3.08. The summed E-state index contributed by atoms with van der Waals surface area (Å²) in [5.41, 5.74) is 0. The summed E-state index contributed by atoms with van der Waals surface area (Å²) in [5, 5.41) is 9.72. The predicted molar refractivity (Wildman–Crippen MR) is 85.6 cm³/mol. The van der Waals surface area contributed by atoms with Crippen LogP contribution in [0.1, 0.15) is 84.0 Å². The zero-order chi connectivity index (χ0) is 14.3. The predicted octanol–water partition coefficient (Wildman–Crippen LogP) is 4.61. The van der Waals surface area contributed by atoms with Gasteiger partial charge in [0.15, 0.2) is 0 Å². The summed E-state index contributed by atoms with van der Waals surface area (Å²) >= 11 is 0. The van der Waals surface area contributed by atoms with Crippen LogP contribution in [0, 0.1) is 0 Å². The molecule has 0 aliphatic heterocycles. The van der Waals surface area contributed by atoms with Crippen LogP contribution in [-0.4, -0.2) is 36.8 Å². The van der Waals surface area contributed by atoms with Crippen LogP contribution in [0.4, 0.5) is 0 Å². The Kier molecular flexibility index (Phi) is 14.3. The number of unbranched alkanes of at least 4 members (excludes halogenated alkanes) is 10. The van der Waals surface area contributed by atoms with Crippen LogP contribution < -0.4 is 0 Å². The minimum atomic E-state index is -0.131. The van der Waals surface area contributed by atoms with Gasteiger partial charge in [-0.2, -0.15) is 0 Å². The molecule has 0 spiro atoms. The summed E-state index contributed by atoms with van der Waals surface area (Å²) in [5.74, 6) is 0. The van der Waals surface area contributed by atoms with Crippen LogP contribution in [0.15, 0.2) is 0 Å². The highest BCUT2D eigenvalue weighted by Gasteiger charge is 2.04. The van der Waals surface area contributed by atoms with Gasteiger partial charge < -0.3 is 10.0 Å². The van der Waals surface area contributed by atoms with Crippen LogP contribution in [0.3, 0.4) is 0 Å². The highest BCUT2D eigenvalue weighted by Crippen LogP contribution is 2.12. The Hall–Kier alpha value is -0.0800. The summed E-state index contributed by atoms with van der Waals surface area (Å²) in [4.78, 5) is 2.06. The van der Waals surface area contributed by atoms with E-state index in [1.54, 1.807) is 0 Å². The number of rotatable bonds is 14. The van der Waals surface area contributed by atoms with E-state index < -0.39 is 0 Å². The average Bonchev–Trinajstić information content (AvgIpc) is 2.35. The highest BCUT2D eigenvalue weighted by atomic mass is 16.3. The summed E-state index contributed by atoms with van der Waals surface area (Å²) in [6, 6.07) is 0.